The molecule has 1 aliphatic heterocycles. The monoisotopic (exact) mass is 293 g/mol. The Labute approximate surface area is 132 Å². The standard InChI is InChI=1S/C20H23NO/c1-15(11-12-16-7-3-2-4-8-16)19-13-17(14-21)22-20-10-6-5-9-18(19)20/h2-10,13,15,17H,11-12,14,21H2,1H3. The van der Waals surface area contributed by atoms with Crippen molar-refractivity contribution in [2.75, 3.05) is 6.54 Å². The van der Waals surface area contributed by atoms with Gasteiger partial charge in [0.05, 0.1) is 0 Å². The van der Waals surface area contributed by atoms with Gasteiger partial charge in [0.1, 0.15) is 11.9 Å². The Hall–Kier alpha value is -2.06. The van der Waals surface area contributed by atoms with Crippen LogP contribution in [0.1, 0.15) is 24.5 Å². The predicted molar refractivity (Wildman–Crippen MR) is 91.8 cm³/mol. The Balaban J connectivity index is 1.77. The third-order valence-corrected chi connectivity index (χ3v) is 4.31. The largest absolute Gasteiger partial charge is 0.484 e. The average Bonchev–Trinajstić information content (AvgIpc) is 2.59. The summed E-state index contributed by atoms with van der Waals surface area (Å²) in [6.07, 6.45) is 4.42. The Bertz CT molecular complexity index is 648. The number of rotatable bonds is 5. The van der Waals surface area contributed by atoms with Crippen LogP contribution in [0.3, 0.4) is 0 Å². The number of allylic oxidation sites excluding steroid dienone is 1. The molecule has 2 atom stereocenters. The van der Waals surface area contributed by atoms with E-state index in [4.69, 9.17) is 10.5 Å². The summed E-state index contributed by atoms with van der Waals surface area (Å²) in [7, 11) is 0. The van der Waals surface area contributed by atoms with Crippen LogP contribution in [-0.2, 0) is 6.42 Å². The molecule has 0 amide bonds. The van der Waals surface area contributed by atoms with Crippen LogP contribution in [0.2, 0.25) is 0 Å². The summed E-state index contributed by atoms with van der Waals surface area (Å²) in [6, 6.07) is 18.9. The molecule has 2 aromatic carbocycles. The Morgan fingerprint density at radius 1 is 1.05 bits per heavy atom. The van der Waals surface area contributed by atoms with Gasteiger partial charge in [-0.25, -0.2) is 0 Å². The molecule has 0 spiro atoms. The summed E-state index contributed by atoms with van der Waals surface area (Å²) in [5.41, 5.74) is 9.80. The van der Waals surface area contributed by atoms with Crippen LogP contribution in [0.4, 0.5) is 0 Å². The SMILES string of the molecule is CC(CCc1ccccc1)C1=CC(CN)Oc2ccccc21. The molecule has 2 aromatic rings. The molecule has 3 rings (SSSR count). The number of fused-ring (bicyclic) bond motifs is 1. The Morgan fingerprint density at radius 2 is 1.77 bits per heavy atom. The van der Waals surface area contributed by atoms with Gasteiger partial charge in [0.2, 0.25) is 0 Å². The van der Waals surface area contributed by atoms with Gasteiger partial charge in [0, 0.05) is 12.1 Å². The van der Waals surface area contributed by atoms with E-state index in [0.717, 1.165) is 18.6 Å². The van der Waals surface area contributed by atoms with Gasteiger partial charge in [0.15, 0.2) is 0 Å². The first-order chi connectivity index (χ1) is 10.8. The molecular formula is C20H23NO. The number of hydrogen-bond acceptors (Lipinski definition) is 2. The number of para-hydroxylation sites is 1. The second-order valence-corrected chi connectivity index (χ2v) is 5.94. The quantitative estimate of drug-likeness (QED) is 0.902. The van der Waals surface area contributed by atoms with Crippen LogP contribution in [0.25, 0.3) is 5.57 Å². The highest BCUT2D eigenvalue weighted by atomic mass is 16.5. The minimum atomic E-state index is -0.0101. The van der Waals surface area contributed by atoms with Crippen LogP contribution in [0.15, 0.2) is 60.7 Å². The van der Waals surface area contributed by atoms with Crippen molar-refractivity contribution in [1.82, 2.24) is 0 Å². The molecule has 0 fully saturated rings. The van der Waals surface area contributed by atoms with Crippen molar-refractivity contribution in [1.29, 1.82) is 0 Å². The molecule has 2 nitrogen and oxygen atoms in total. The predicted octanol–water partition coefficient (Wildman–Crippen LogP) is 4.06. The van der Waals surface area contributed by atoms with E-state index in [9.17, 15) is 0 Å². The first-order valence-electron chi connectivity index (χ1n) is 7.99. The molecule has 0 saturated heterocycles. The summed E-state index contributed by atoms with van der Waals surface area (Å²) in [5.74, 6) is 1.45. The van der Waals surface area contributed by atoms with Gasteiger partial charge in [-0.1, -0.05) is 55.5 Å². The number of aryl methyl sites for hydroxylation is 1. The van der Waals surface area contributed by atoms with Gasteiger partial charge in [0.25, 0.3) is 0 Å². The van der Waals surface area contributed by atoms with Gasteiger partial charge in [-0.3, -0.25) is 0 Å². The van der Waals surface area contributed by atoms with Crippen molar-refractivity contribution in [3.8, 4) is 5.75 Å². The van der Waals surface area contributed by atoms with E-state index in [1.165, 1.54) is 16.7 Å². The molecule has 2 N–H and O–H groups in total. The molecular weight excluding hydrogens is 270 g/mol. The summed E-state index contributed by atoms with van der Waals surface area (Å²) in [4.78, 5) is 0. The van der Waals surface area contributed by atoms with E-state index in [1.54, 1.807) is 0 Å². The number of benzene rings is 2. The molecule has 114 valence electrons. The van der Waals surface area contributed by atoms with E-state index < -0.39 is 0 Å². The molecule has 0 bridgehead atoms. The lowest BCUT2D eigenvalue weighted by atomic mass is 9.86. The lowest BCUT2D eigenvalue weighted by molar-refractivity contribution is 0.251. The third kappa shape index (κ3) is 3.23. The van der Waals surface area contributed by atoms with Gasteiger partial charge in [-0.05, 0) is 42.0 Å². The number of hydrogen-bond donors (Lipinski definition) is 1. The van der Waals surface area contributed by atoms with Crippen LogP contribution >= 0.6 is 0 Å². The molecule has 0 aromatic heterocycles. The fourth-order valence-electron chi connectivity index (χ4n) is 3.02. The first-order valence-corrected chi connectivity index (χ1v) is 7.99. The first kappa shape index (κ1) is 14.9. The van der Waals surface area contributed by atoms with E-state index in [-0.39, 0.29) is 6.10 Å². The van der Waals surface area contributed by atoms with Gasteiger partial charge < -0.3 is 10.5 Å². The Kier molecular flexibility index (Phi) is 4.59. The van der Waals surface area contributed by atoms with Gasteiger partial charge in [-0.15, -0.1) is 0 Å². The zero-order valence-electron chi connectivity index (χ0n) is 13.0. The highest BCUT2D eigenvalue weighted by Crippen LogP contribution is 2.37. The fourth-order valence-corrected chi connectivity index (χ4v) is 3.02. The lowest BCUT2D eigenvalue weighted by Crippen LogP contribution is -2.28. The number of ether oxygens (including phenoxy) is 1. The second-order valence-electron chi connectivity index (χ2n) is 5.94. The summed E-state index contributed by atoms with van der Waals surface area (Å²) >= 11 is 0. The molecule has 2 unspecified atom stereocenters. The maximum absolute atomic E-state index is 5.92. The minimum Gasteiger partial charge on any atom is -0.484 e. The van der Waals surface area contributed by atoms with Crippen LogP contribution < -0.4 is 10.5 Å². The van der Waals surface area contributed by atoms with Crippen molar-refractivity contribution >= 4 is 5.57 Å². The normalized spacial score (nSPS) is 18.1. The molecule has 22 heavy (non-hydrogen) atoms. The topological polar surface area (TPSA) is 35.2 Å². The molecule has 1 aliphatic rings. The van der Waals surface area contributed by atoms with Gasteiger partial charge >= 0.3 is 0 Å². The van der Waals surface area contributed by atoms with E-state index in [2.05, 4.69) is 55.5 Å². The zero-order valence-corrected chi connectivity index (χ0v) is 13.0. The fraction of sp³-hybridized carbons (Fsp3) is 0.300. The van der Waals surface area contributed by atoms with Crippen molar-refractivity contribution in [2.45, 2.75) is 25.9 Å². The highest BCUT2D eigenvalue weighted by molar-refractivity contribution is 5.74. The molecule has 2 heteroatoms. The van der Waals surface area contributed by atoms with Crippen molar-refractivity contribution in [2.24, 2.45) is 11.7 Å². The van der Waals surface area contributed by atoms with E-state index in [0.29, 0.717) is 12.5 Å². The maximum atomic E-state index is 5.92. The summed E-state index contributed by atoms with van der Waals surface area (Å²) in [6.45, 7) is 2.81. The Morgan fingerprint density at radius 3 is 2.55 bits per heavy atom. The van der Waals surface area contributed by atoms with Crippen molar-refractivity contribution < 1.29 is 4.74 Å². The van der Waals surface area contributed by atoms with E-state index in [1.807, 2.05) is 12.1 Å². The molecule has 0 aliphatic carbocycles. The highest BCUT2D eigenvalue weighted by Gasteiger charge is 2.22. The van der Waals surface area contributed by atoms with E-state index >= 15 is 0 Å². The average molecular weight is 293 g/mol. The molecule has 1 heterocycles. The van der Waals surface area contributed by atoms with Crippen LogP contribution in [0.5, 0.6) is 5.75 Å². The van der Waals surface area contributed by atoms with Crippen molar-refractivity contribution in [3.63, 3.8) is 0 Å². The lowest BCUT2D eigenvalue weighted by Gasteiger charge is -2.28. The summed E-state index contributed by atoms with van der Waals surface area (Å²) < 4.78 is 5.92. The van der Waals surface area contributed by atoms with Crippen molar-refractivity contribution in [3.05, 3.63) is 71.8 Å². The molecule has 0 radical (unpaired) electrons. The number of nitrogens with two attached hydrogens (primary N) is 1. The minimum absolute atomic E-state index is 0.0101. The summed E-state index contributed by atoms with van der Waals surface area (Å²) in [5, 5.41) is 0. The van der Waals surface area contributed by atoms with Gasteiger partial charge in [-0.2, -0.15) is 0 Å². The van der Waals surface area contributed by atoms with Crippen LogP contribution in [-0.4, -0.2) is 12.6 Å². The smallest absolute Gasteiger partial charge is 0.130 e. The third-order valence-electron chi connectivity index (χ3n) is 4.31. The second kappa shape index (κ2) is 6.80. The molecule has 0 saturated carbocycles. The van der Waals surface area contributed by atoms with Crippen LogP contribution in [0, 0.1) is 5.92 Å². The zero-order chi connectivity index (χ0) is 15.4. The maximum Gasteiger partial charge on any atom is 0.130 e.